The molecule has 2 aromatic rings. The van der Waals surface area contributed by atoms with E-state index in [-0.39, 0.29) is 17.2 Å². The van der Waals surface area contributed by atoms with E-state index in [2.05, 4.69) is 5.32 Å². The van der Waals surface area contributed by atoms with E-state index >= 15 is 0 Å². The van der Waals surface area contributed by atoms with Crippen LogP contribution in [0.25, 0.3) is 0 Å². The zero-order valence-corrected chi connectivity index (χ0v) is 12.4. The van der Waals surface area contributed by atoms with Gasteiger partial charge in [-0.25, -0.2) is 4.79 Å². The zero-order valence-electron chi connectivity index (χ0n) is 12.4. The van der Waals surface area contributed by atoms with Gasteiger partial charge in [0.15, 0.2) is 0 Å². The molecular weight excluding hydrogens is 282 g/mol. The molecule has 5 nitrogen and oxygen atoms in total. The molecule has 0 aromatic heterocycles. The molecule has 0 heterocycles. The second kappa shape index (κ2) is 6.76. The van der Waals surface area contributed by atoms with Gasteiger partial charge in [-0.1, -0.05) is 12.1 Å². The minimum atomic E-state index is -1.13. The average Bonchev–Trinajstić information content (AvgIpc) is 2.48. The van der Waals surface area contributed by atoms with Crippen LogP contribution in [0.1, 0.15) is 34.6 Å². The lowest BCUT2D eigenvalue weighted by Crippen LogP contribution is -2.16. The molecule has 0 saturated carbocycles. The van der Waals surface area contributed by atoms with Crippen molar-refractivity contribution in [1.82, 2.24) is 0 Å². The third kappa shape index (κ3) is 3.85. The Morgan fingerprint density at radius 1 is 1.00 bits per heavy atom. The number of amides is 1. The predicted molar refractivity (Wildman–Crippen MR) is 83.6 cm³/mol. The lowest BCUT2D eigenvalue weighted by molar-refractivity contribution is 0.0692. The van der Waals surface area contributed by atoms with Crippen LogP contribution in [-0.4, -0.2) is 23.1 Å². The van der Waals surface area contributed by atoms with Crippen LogP contribution in [-0.2, 0) is 0 Å². The first-order chi connectivity index (χ1) is 10.5. The fourth-order valence-corrected chi connectivity index (χ4v) is 1.96. The van der Waals surface area contributed by atoms with Gasteiger partial charge in [0.25, 0.3) is 5.91 Å². The molecule has 0 saturated heterocycles. The molecule has 0 aliphatic carbocycles. The Morgan fingerprint density at radius 3 is 2.14 bits per heavy atom. The Kier molecular flexibility index (Phi) is 4.78. The molecule has 22 heavy (non-hydrogen) atoms. The Morgan fingerprint density at radius 2 is 1.59 bits per heavy atom. The summed E-state index contributed by atoms with van der Waals surface area (Å²) < 4.78 is 5.52. The van der Waals surface area contributed by atoms with E-state index in [1.165, 1.54) is 12.1 Å². The number of carbonyl (C=O) groups excluding carboxylic acids is 1. The summed E-state index contributed by atoms with van der Waals surface area (Å²) >= 11 is 0. The van der Waals surface area contributed by atoms with Crippen molar-refractivity contribution < 1.29 is 19.4 Å². The summed E-state index contributed by atoms with van der Waals surface area (Å²) in [6, 6.07) is 13.0. The number of hydrogen-bond acceptors (Lipinski definition) is 3. The van der Waals surface area contributed by atoms with Crippen molar-refractivity contribution in [3.63, 3.8) is 0 Å². The number of benzene rings is 2. The van der Waals surface area contributed by atoms with Crippen molar-refractivity contribution in [2.24, 2.45) is 0 Å². The van der Waals surface area contributed by atoms with Crippen LogP contribution in [0.2, 0.25) is 0 Å². The number of aromatic carboxylic acids is 1. The summed E-state index contributed by atoms with van der Waals surface area (Å²) in [6.45, 7) is 3.86. The lowest BCUT2D eigenvalue weighted by atomic mass is 10.1. The molecule has 0 atom stereocenters. The van der Waals surface area contributed by atoms with Crippen LogP contribution >= 0.6 is 0 Å². The first kappa shape index (κ1) is 15.6. The molecule has 0 bridgehead atoms. The maximum atomic E-state index is 12.2. The van der Waals surface area contributed by atoms with Gasteiger partial charge in [-0.15, -0.1) is 0 Å². The van der Waals surface area contributed by atoms with Crippen molar-refractivity contribution in [1.29, 1.82) is 0 Å². The van der Waals surface area contributed by atoms with Crippen LogP contribution in [0, 0.1) is 0 Å². The third-order valence-corrected chi connectivity index (χ3v) is 2.89. The molecule has 2 aromatic carbocycles. The highest BCUT2D eigenvalue weighted by Gasteiger charge is 2.15. The molecule has 0 aliphatic rings. The highest BCUT2D eigenvalue weighted by Crippen LogP contribution is 2.18. The van der Waals surface area contributed by atoms with Gasteiger partial charge in [0, 0.05) is 5.69 Å². The number of ether oxygens (including phenoxy) is 1. The quantitative estimate of drug-likeness (QED) is 0.887. The molecule has 0 aliphatic heterocycles. The van der Waals surface area contributed by atoms with E-state index < -0.39 is 11.9 Å². The first-order valence-corrected chi connectivity index (χ1v) is 6.88. The molecule has 114 valence electrons. The minimum Gasteiger partial charge on any atom is -0.491 e. The highest BCUT2D eigenvalue weighted by atomic mass is 16.5. The van der Waals surface area contributed by atoms with Gasteiger partial charge in [0.1, 0.15) is 5.75 Å². The summed E-state index contributed by atoms with van der Waals surface area (Å²) in [5.41, 5.74) is 0.665. The van der Waals surface area contributed by atoms with E-state index in [0.29, 0.717) is 11.4 Å². The third-order valence-electron chi connectivity index (χ3n) is 2.89. The number of carboxylic acid groups (broad SMARTS) is 1. The van der Waals surface area contributed by atoms with Crippen LogP contribution in [0.5, 0.6) is 5.75 Å². The van der Waals surface area contributed by atoms with Gasteiger partial charge in [0.2, 0.25) is 0 Å². The molecule has 2 rings (SSSR count). The zero-order chi connectivity index (χ0) is 16.1. The lowest BCUT2D eigenvalue weighted by Gasteiger charge is -2.11. The van der Waals surface area contributed by atoms with Crippen LogP contribution in [0.15, 0.2) is 48.5 Å². The summed E-state index contributed by atoms with van der Waals surface area (Å²) in [6.07, 6.45) is 0.0721. The van der Waals surface area contributed by atoms with Gasteiger partial charge < -0.3 is 15.2 Å². The molecule has 0 unspecified atom stereocenters. The molecule has 0 fully saturated rings. The van der Waals surface area contributed by atoms with Crippen molar-refractivity contribution in [2.75, 3.05) is 5.32 Å². The summed E-state index contributed by atoms with van der Waals surface area (Å²) in [4.78, 5) is 23.3. The van der Waals surface area contributed by atoms with Crippen molar-refractivity contribution in [2.45, 2.75) is 20.0 Å². The number of carbonyl (C=O) groups is 2. The highest BCUT2D eigenvalue weighted by molar-refractivity contribution is 6.10. The number of carboxylic acids is 1. The van der Waals surface area contributed by atoms with E-state index in [0.717, 1.165) is 0 Å². The monoisotopic (exact) mass is 299 g/mol. The van der Waals surface area contributed by atoms with Crippen LogP contribution < -0.4 is 10.1 Å². The maximum absolute atomic E-state index is 12.2. The van der Waals surface area contributed by atoms with Gasteiger partial charge in [0.05, 0.1) is 17.2 Å². The summed E-state index contributed by atoms with van der Waals surface area (Å²) in [5.74, 6) is -0.888. The van der Waals surface area contributed by atoms with Crippen molar-refractivity contribution >= 4 is 17.6 Å². The SMILES string of the molecule is CC(C)Oc1ccc(NC(=O)c2ccccc2C(=O)O)cc1. The topological polar surface area (TPSA) is 75.6 Å². The number of hydrogen-bond donors (Lipinski definition) is 2. The molecule has 2 N–H and O–H groups in total. The number of nitrogens with one attached hydrogen (secondary N) is 1. The number of anilines is 1. The smallest absolute Gasteiger partial charge is 0.336 e. The molecule has 0 spiro atoms. The Bertz CT molecular complexity index is 677. The number of rotatable bonds is 5. The molecule has 1 amide bonds. The Labute approximate surface area is 128 Å². The first-order valence-electron chi connectivity index (χ1n) is 6.88. The summed E-state index contributed by atoms with van der Waals surface area (Å²) in [5, 5.41) is 11.8. The average molecular weight is 299 g/mol. The van der Waals surface area contributed by atoms with Gasteiger partial charge >= 0.3 is 5.97 Å². The van der Waals surface area contributed by atoms with E-state index in [4.69, 9.17) is 9.84 Å². The van der Waals surface area contributed by atoms with Gasteiger partial charge in [-0.3, -0.25) is 4.79 Å². The van der Waals surface area contributed by atoms with Gasteiger partial charge in [-0.2, -0.15) is 0 Å². The predicted octanol–water partition coefficient (Wildman–Crippen LogP) is 3.42. The Hall–Kier alpha value is -2.82. The molecule has 5 heteroatoms. The van der Waals surface area contributed by atoms with Crippen LogP contribution in [0.3, 0.4) is 0 Å². The van der Waals surface area contributed by atoms with Crippen molar-refractivity contribution in [3.8, 4) is 5.75 Å². The molecule has 0 radical (unpaired) electrons. The largest absolute Gasteiger partial charge is 0.491 e. The second-order valence-corrected chi connectivity index (χ2v) is 5.00. The van der Waals surface area contributed by atoms with Gasteiger partial charge in [-0.05, 0) is 50.2 Å². The molecular formula is C17H17NO4. The summed E-state index contributed by atoms with van der Waals surface area (Å²) in [7, 11) is 0. The van der Waals surface area contributed by atoms with Crippen LogP contribution in [0.4, 0.5) is 5.69 Å². The minimum absolute atomic E-state index is 0.0280. The van der Waals surface area contributed by atoms with E-state index in [1.54, 1.807) is 36.4 Å². The fourth-order valence-electron chi connectivity index (χ4n) is 1.96. The van der Waals surface area contributed by atoms with Crippen molar-refractivity contribution in [3.05, 3.63) is 59.7 Å². The maximum Gasteiger partial charge on any atom is 0.336 e. The normalized spacial score (nSPS) is 10.3. The standard InChI is InChI=1S/C17H17NO4/c1-11(2)22-13-9-7-12(8-10-13)18-16(19)14-5-3-4-6-15(14)17(20)21/h3-11H,1-2H3,(H,18,19)(H,20,21). The fraction of sp³-hybridized carbons (Fsp3) is 0.176. The van der Waals surface area contributed by atoms with E-state index in [9.17, 15) is 9.59 Å². The second-order valence-electron chi connectivity index (χ2n) is 5.00. The Balaban J connectivity index is 2.14. The van der Waals surface area contributed by atoms with E-state index in [1.807, 2.05) is 13.8 Å².